The Hall–Kier alpha value is -0.870. The predicted octanol–water partition coefficient (Wildman–Crippen LogP) is 4.05. The summed E-state index contributed by atoms with van der Waals surface area (Å²) in [7, 11) is 0. The first-order chi connectivity index (χ1) is 10.6. The van der Waals surface area contributed by atoms with Crippen LogP contribution in [0.3, 0.4) is 0 Å². The number of hydrogen-bond donors (Lipinski definition) is 3. The molecule has 0 heterocycles. The second-order valence-corrected chi connectivity index (χ2v) is 6.07. The highest BCUT2D eigenvalue weighted by molar-refractivity contribution is 5.66. The lowest BCUT2D eigenvalue weighted by Crippen LogP contribution is -2.06. The molecule has 4 heteroatoms. The Morgan fingerprint density at radius 2 is 1.27 bits per heavy atom. The van der Waals surface area contributed by atoms with Crippen molar-refractivity contribution in [3.63, 3.8) is 0 Å². The van der Waals surface area contributed by atoms with Gasteiger partial charge in [-0.05, 0) is 19.3 Å². The SMILES string of the molecule is CCCCCCC[C@@H](O)/C=C/[C@H](O)CCCCCCC(=O)O. The molecule has 0 aliphatic carbocycles. The average Bonchev–Trinajstić information content (AvgIpc) is 2.48. The number of carbonyl (C=O) groups is 1. The van der Waals surface area contributed by atoms with Gasteiger partial charge in [-0.2, -0.15) is 0 Å². The van der Waals surface area contributed by atoms with E-state index in [2.05, 4.69) is 6.92 Å². The van der Waals surface area contributed by atoms with Gasteiger partial charge in [0.2, 0.25) is 0 Å². The fourth-order valence-corrected chi connectivity index (χ4v) is 2.39. The van der Waals surface area contributed by atoms with Gasteiger partial charge < -0.3 is 15.3 Å². The maximum atomic E-state index is 10.3. The second-order valence-electron chi connectivity index (χ2n) is 6.07. The quantitative estimate of drug-likeness (QED) is 0.315. The Bertz CT molecular complexity index is 289. The van der Waals surface area contributed by atoms with Crippen LogP contribution in [0.5, 0.6) is 0 Å². The summed E-state index contributed by atoms with van der Waals surface area (Å²) in [4.78, 5) is 10.3. The van der Waals surface area contributed by atoms with Gasteiger partial charge in [0, 0.05) is 6.42 Å². The summed E-state index contributed by atoms with van der Waals surface area (Å²) < 4.78 is 0. The molecule has 0 unspecified atom stereocenters. The van der Waals surface area contributed by atoms with Gasteiger partial charge in [0.25, 0.3) is 0 Å². The zero-order valence-electron chi connectivity index (χ0n) is 14.0. The Kier molecular flexibility index (Phi) is 14.4. The fourth-order valence-electron chi connectivity index (χ4n) is 2.39. The molecule has 0 rings (SSSR count). The monoisotopic (exact) mass is 314 g/mol. The molecule has 2 atom stereocenters. The van der Waals surface area contributed by atoms with E-state index in [4.69, 9.17) is 5.11 Å². The third-order valence-corrected chi connectivity index (χ3v) is 3.80. The summed E-state index contributed by atoms with van der Waals surface area (Å²) in [5, 5.41) is 28.1. The number of carboxylic acids is 1. The highest BCUT2D eigenvalue weighted by Gasteiger charge is 2.03. The van der Waals surface area contributed by atoms with Gasteiger partial charge >= 0.3 is 5.97 Å². The number of aliphatic hydroxyl groups is 2. The van der Waals surface area contributed by atoms with Crippen LogP contribution in [-0.4, -0.2) is 33.5 Å². The molecule has 0 radical (unpaired) electrons. The summed E-state index contributed by atoms with van der Waals surface area (Å²) >= 11 is 0. The van der Waals surface area contributed by atoms with E-state index in [0.717, 1.165) is 38.5 Å². The number of rotatable bonds is 15. The van der Waals surface area contributed by atoms with Crippen LogP contribution in [-0.2, 0) is 4.79 Å². The topological polar surface area (TPSA) is 77.8 Å². The predicted molar refractivity (Wildman–Crippen MR) is 89.9 cm³/mol. The molecule has 0 bridgehead atoms. The normalized spacial score (nSPS) is 14.3. The number of aliphatic hydroxyl groups excluding tert-OH is 2. The zero-order chi connectivity index (χ0) is 16.6. The Morgan fingerprint density at radius 3 is 1.73 bits per heavy atom. The van der Waals surface area contributed by atoms with Crippen molar-refractivity contribution >= 4 is 5.97 Å². The molecule has 0 saturated carbocycles. The van der Waals surface area contributed by atoms with Crippen molar-refractivity contribution in [3.05, 3.63) is 12.2 Å². The van der Waals surface area contributed by atoms with Gasteiger partial charge in [-0.15, -0.1) is 0 Å². The van der Waals surface area contributed by atoms with E-state index in [9.17, 15) is 15.0 Å². The lowest BCUT2D eigenvalue weighted by atomic mass is 10.1. The van der Waals surface area contributed by atoms with Gasteiger partial charge in [0.1, 0.15) is 0 Å². The van der Waals surface area contributed by atoms with Crippen LogP contribution in [0.25, 0.3) is 0 Å². The Balaban J connectivity index is 3.51. The minimum absolute atomic E-state index is 0.229. The maximum Gasteiger partial charge on any atom is 0.303 e. The van der Waals surface area contributed by atoms with Crippen LogP contribution in [0.2, 0.25) is 0 Å². The molecule has 0 aromatic heterocycles. The van der Waals surface area contributed by atoms with Crippen LogP contribution >= 0.6 is 0 Å². The van der Waals surface area contributed by atoms with Crippen molar-refractivity contribution in [3.8, 4) is 0 Å². The van der Waals surface area contributed by atoms with E-state index in [0.29, 0.717) is 12.8 Å². The molecule has 4 nitrogen and oxygen atoms in total. The van der Waals surface area contributed by atoms with Crippen molar-refractivity contribution < 1.29 is 20.1 Å². The van der Waals surface area contributed by atoms with Crippen molar-refractivity contribution in [2.75, 3.05) is 0 Å². The van der Waals surface area contributed by atoms with Crippen LogP contribution in [0.4, 0.5) is 0 Å². The van der Waals surface area contributed by atoms with E-state index in [1.54, 1.807) is 12.2 Å². The first-order valence-corrected chi connectivity index (χ1v) is 8.82. The van der Waals surface area contributed by atoms with Gasteiger partial charge in [-0.3, -0.25) is 4.79 Å². The van der Waals surface area contributed by atoms with Gasteiger partial charge in [-0.25, -0.2) is 0 Å². The summed E-state index contributed by atoms with van der Waals surface area (Å²) in [6.07, 6.45) is 13.4. The molecule has 0 aromatic carbocycles. The van der Waals surface area contributed by atoms with Gasteiger partial charge in [-0.1, -0.05) is 70.4 Å². The van der Waals surface area contributed by atoms with E-state index < -0.39 is 18.2 Å². The highest BCUT2D eigenvalue weighted by Crippen LogP contribution is 2.10. The molecule has 22 heavy (non-hydrogen) atoms. The van der Waals surface area contributed by atoms with Gasteiger partial charge in [0.15, 0.2) is 0 Å². The number of aliphatic carboxylic acids is 1. The molecule has 0 saturated heterocycles. The minimum atomic E-state index is -0.744. The first-order valence-electron chi connectivity index (χ1n) is 8.82. The number of carboxylic acid groups (broad SMARTS) is 1. The van der Waals surface area contributed by atoms with Crippen LogP contribution in [0.1, 0.15) is 84.0 Å². The van der Waals surface area contributed by atoms with Crippen LogP contribution in [0.15, 0.2) is 12.2 Å². The third-order valence-electron chi connectivity index (χ3n) is 3.80. The van der Waals surface area contributed by atoms with Crippen LogP contribution < -0.4 is 0 Å². The van der Waals surface area contributed by atoms with E-state index >= 15 is 0 Å². The van der Waals surface area contributed by atoms with E-state index in [1.807, 2.05) is 0 Å². The molecule has 0 aliphatic rings. The third kappa shape index (κ3) is 15.5. The summed E-state index contributed by atoms with van der Waals surface area (Å²) in [5.41, 5.74) is 0. The Morgan fingerprint density at radius 1 is 0.818 bits per heavy atom. The lowest BCUT2D eigenvalue weighted by molar-refractivity contribution is -0.137. The largest absolute Gasteiger partial charge is 0.481 e. The molecule has 3 N–H and O–H groups in total. The fraction of sp³-hybridized carbons (Fsp3) is 0.833. The molecular formula is C18H34O4. The molecular weight excluding hydrogens is 280 g/mol. The van der Waals surface area contributed by atoms with E-state index in [1.165, 1.54) is 19.3 Å². The molecule has 0 aliphatic heterocycles. The molecule has 0 aromatic rings. The number of unbranched alkanes of at least 4 members (excludes halogenated alkanes) is 7. The van der Waals surface area contributed by atoms with Crippen molar-refractivity contribution in [1.82, 2.24) is 0 Å². The smallest absolute Gasteiger partial charge is 0.303 e. The zero-order valence-corrected chi connectivity index (χ0v) is 14.0. The highest BCUT2D eigenvalue weighted by atomic mass is 16.4. The van der Waals surface area contributed by atoms with E-state index in [-0.39, 0.29) is 6.42 Å². The summed E-state index contributed by atoms with van der Waals surface area (Å²) in [6.45, 7) is 2.19. The molecule has 0 spiro atoms. The molecule has 0 amide bonds. The first kappa shape index (κ1) is 21.1. The standard InChI is InChI=1S/C18H34O4/c1-2-3-4-5-8-11-16(19)14-15-17(20)12-9-6-7-10-13-18(21)22/h14-17,19-20H,2-13H2,1H3,(H,21,22)/b15-14+/t16-,17-/m1/s1. The van der Waals surface area contributed by atoms with Crippen LogP contribution in [0, 0.1) is 0 Å². The summed E-state index contributed by atoms with van der Waals surface area (Å²) in [6, 6.07) is 0. The summed E-state index contributed by atoms with van der Waals surface area (Å²) in [5.74, 6) is -0.744. The van der Waals surface area contributed by atoms with Crippen molar-refractivity contribution in [2.45, 2.75) is 96.2 Å². The van der Waals surface area contributed by atoms with Gasteiger partial charge in [0.05, 0.1) is 12.2 Å². The Labute approximate surface area is 135 Å². The molecule has 130 valence electrons. The average molecular weight is 314 g/mol. The minimum Gasteiger partial charge on any atom is -0.481 e. The second kappa shape index (κ2) is 15.0. The van der Waals surface area contributed by atoms with Crippen molar-refractivity contribution in [1.29, 1.82) is 0 Å². The van der Waals surface area contributed by atoms with Crippen molar-refractivity contribution in [2.24, 2.45) is 0 Å². The maximum absolute atomic E-state index is 10.3. The lowest BCUT2D eigenvalue weighted by Gasteiger charge is -2.08. The molecule has 0 fully saturated rings. The number of hydrogen-bond acceptors (Lipinski definition) is 3.